The van der Waals surface area contributed by atoms with Crippen LogP contribution in [0.4, 0.5) is 0 Å². The maximum atomic E-state index is 12.1. The van der Waals surface area contributed by atoms with Gasteiger partial charge < -0.3 is 25.3 Å². The molecule has 0 bridgehead atoms. The summed E-state index contributed by atoms with van der Waals surface area (Å²) in [5, 5.41) is 3.23. The van der Waals surface area contributed by atoms with Crippen molar-refractivity contribution < 1.29 is 19.0 Å². The van der Waals surface area contributed by atoms with Crippen LogP contribution in [0, 0.1) is 0 Å². The number of thioether (sulfide) groups is 1. The number of amides is 1. The van der Waals surface area contributed by atoms with Crippen molar-refractivity contribution in [3.63, 3.8) is 0 Å². The average molecular weight is 377 g/mol. The summed E-state index contributed by atoms with van der Waals surface area (Å²) in [7, 11) is 0. The van der Waals surface area contributed by atoms with Gasteiger partial charge in [0.2, 0.25) is 0 Å². The molecule has 8 heteroatoms. The highest BCUT2D eigenvalue weighted by atomic mass is 35.5. The Hall–Kier alpha value is -0.830. The maximum Gasteiger partial charge on any atom is 0.252 e. The summed E-state index contributed by atoms with van der Waals surface area (Å²) < 4.78 is 15.9. The van der Waals surface area contributed by atoms with Gasteiger partial charge in [0.1, 0.15) is 0 Å². The summed E-state index contributed by atoms with van der Waals surface area (Å²) in [4.78, 5) is 13.1. The fraction of sp³-hybridized carbons (Fsp3) is 0.562. The molecule has 0 saturated heterocycles. The number of carbonyl (C=O) groups is 1. The molecule has 136 valence electrons. The summed E-state index contributed by atoms with van der Waals surface area (Å²) in [6.07, 6.45) is 1.95. The van der Waals surface area contributed by atoms with Crippen molar-refractivity contribution >= 4 is 29.3 Å². The van der Waals surface area contributed by atoms with Crippen LogP contribution in [0.25, 0.3) is 0 Å². The molecule has 1 rings (SSSR count). The van der Waals surface area contributed by atoms with E-state index in [1.807, 2.05) is 12.3 Å². The lowest BCUT2D eigenvalue weighted by molar-refractivity contribution is 0.0166. The number of ether oxygens (including phenoxy) is 3. The lowest BCUT2D eigenvalue weighted by Crippen LogP contribution is -2.28. The van der Waals surface area contributed by atoms with Gasteiger partial charge in [-0.25, -0.2) is 0 Å². The summed E-state index contributed by atoms with van der Waals surface area (Å²) >= 11 is 7.62. The number of halogens is 1. The second-order valence-electron chi connectivity index (χ2n) is 4.73. The van der Waals surface area contributed by atoms with E-state index >= 15 is 0 Å². The highest BCUT2D eigenvalue weighted by Gasteiger charge is 2.10. The minimum absolute atomic E-state index is 0.201. The Morgan fingerprint density at radius 1 is 1.12 bits per heavy atom. The minimum atomic E-state index is -0.201. The van der Waals surface area contributed by atoms with Gasteiger partial charge in [0, 0.05) is 18.0 Å². The van der Waals surface area contributed by atoms with Gasteiger partial charge in [-0.2, -0.15) is 0 Å². The van der Waals surface area contributed by atoms with E-state index in [0.29, 0.717) is 63.3 Å². The Morgan fingerprint density at radius 2 is 1.75 bits per heavy atom. The van der Waals surface area contributed by atoms with Crippen molar-refractivity contribution in [3.8, 4) is 0 Å². The molecule has 0 fully saturated rings. The van der Waals surface area contributed by atoms with Gasteiger partial charge >= 0.3 is 0 Å². The normalized spacial score (nSPS) is 10.8. The number of hydrogen-bond donors (Lipinski definition) is 2. The number of nitrogens with one attached hydrogen (secondary N) is 1. The van der Waals surface area contributed by atoms with E-state index in [2.05, 4.69) is 5.32 Å². The number of hydrogen-bond acceptors (Lipinski definition) is 6. The van der Waals surface area contributed by atoms with Gasteiger partial charge in [0.15, 0.2) is 0 Å². The second-order valence-corrected chi connectivity index (χ2v) is 6.01. The quantitative estimate of drug-likeness (QED) is 0.403. The predicted molar refractivity (Wildman–Crippen MR) is 97.1 cm³/mol. The Morgan fingerprint density at radius 3 is 2.38 bits per heavy atom. The van der Waals surface area contributed by atoms with E-state index in [1.54, 1.807) is 23.9 Å². The molecule has 0 aliphatic rings. The number of nitrogens with two attached hydrogens (primary N) is 1. The Bertz CT molecular complexity index is 491. The van der Waals surface area contributed by atoms with Crippen molar-refractivity contribution in [2.24, 2.45) is 5.73 Å². The van der Waals surface area contributed by atoms with Gasteiger partial charge in [-0.15, -0.1) is 11.8 Å². The third kappa shape index (κ3) is 8.86. The summed E-state index contributed by atoms with van der Waals surface area (Å²) in [6, 6.07) is 5.39. The molecule has 6 nitrogen and oxygen atoms in total. The van der Waals surface area contributed by atoms with E-state index in [0.717, 1.165) is 4.90 Å². The van der Waals surface area contributed by atoms with Crippen LogP contribution in [0.2, 0.25) is 5.02 Å². The van der Waals surface area contributed by atoms with Crippen molar-refractivity contribution in [1.29, 1.82) is 0 Å². The SMILES string of the molecule is CSc1ccc(Cl)c(C(=O)NCCOCCOCCOCCN)c1. The molecule has 0 unspecified atom stereocenters. The van der Waals surface area contributed by atoms with Crippen molar-refractivity contribution in [2.75, 3.05) is 59.0 Å². The summed E-state index contributed by atoms with van der Waals surface area (Å²) in [5.74, 6) is -0.201. The number of benzene rings is 1. The third-order valence-electron chi connectivity index (χ3n) is 2.96. The van der Waals surface area contributed by atoms with E-state index < -0.39 is 0 Å². The molecule has 0 heterocycles. The Kier molecular flexibility index (Phi) is 11.9. The average Bonchev–Trinajstić information content (AvgIpc) is 2.60. The van der Waals surface area contributed by atoms with Gasteiger partial charge in [0.25, 0.3) is 5.91 Å². The minimum Gasteiger partial charge on any atom is -0.378 e. The van der Waals surface area contributed by atoms with E-state index in [9.17, 15) is 4.79 Å². The maximum absolute atomic E-state index is 12.1. The molecular formula is C16H25ClN2O4S. The molecular weight excluding hydrogens is 352 g/mol. The highest BCUT2D eigenvalue weighted by molar-refractivity contribution is 7.98. The molecule has 0 spiro atoms. The van der Waals surface area contributed by atoms with Crippen LogP contribution >= 0.6 is 23.4 Å². The van der Waals surface area contributed by atoms with Crippen molar-refractivity contribution in [1.82, 2.24) is 5.32 Å². The molecule has 1 aromatic carbocycles. The first-order chi connectivity index (χ1) is 11.7. The van der Waals surface area contributed by atoms with Crippen LogP contribution in [0.1, 0.15) is 10.4 Å². The third-order valence-corrected chi connectivity index (χ3v) is 4.01. The first kappa shape index (κ1) is 21.2. The second kappa shape index (κ2) is 13.5. The zero-order chi connectivity index (χ0) is 17.6. The zero-order valence-corrected chi connectivity index (χ0v) is 15.5. The number of rotatable bonds is 13. The van der Waals surface area contributed by atoms with Crippen LogP contribution in [0.5, 0.6) is 0 Å². The van der Waals surface area contributed by atoms with Crippen LogP contribution in [0.3, 0.4) is 0 Å². The van der Waals surface area contributed by atoms with Crippen LogP contribution in [-0.4, -0.2) is 64.9 Å². The van der Waals surface area contributed by atoms with Gasteiger partial charge in [0.05, 0.1) is 50.2 Å². The first-order valence-electron chi connectivity index (χ1n) is 7.74. The molecule has 24 heavy (non-hydrogen) atoms. The molecule has 0 aromatic heterocycles. The molecule has 0 aliphatic carbocycles. The standard InChI is InChI=1S/C16H25ClN2O4S/c1-24-13-2-3-15(17)14(12-13)16(20)19-5-7-22-9-11-23-10-8-21-6-4-18/h2-3,12H,4-11,18H2,1H3,(H,19,20). The fourth-order valence-corrected chi connectivity index (χ4v) is 2.41. The number of carbonyl (C=O) groups excluding carboxylic acids is 1. The Balaban J connectivity index is 2.08. The summed E-state index contributed by atoms with van der Waals surface area (Å²) in [6.45, 7) is 3.90. The Labute approximate surface area is 152 Å². The lowest BCUT2D eigenvalue weighted by Gasteiger charge is -2.09. The predicted octanol–water partition coefficient (Wildman–Crippen LogP) is 1.80. The smallest absolute Gasteiger partial charge is 0.252 e. The van der Waals surface area contributed by atoms with Crippen LogP contribution < -0.4 is 11.1 Å². The van der Waals surface area contributed by atoms with Crippen LogP contribution in [0.15, 0.2) is 23.1 Å². The van der Waals surface area contributed by atoms with E-state index in [-0.39, 0.29) is 5.91 Å². The summed E-state index contributed by atoms with van der Waals surface area (Å²) in [5.41, 5.74) is 5.77. The highest BCUT2D eigenvalue weighted by Crippen LogP contribution is 2.22. The monoisotopic (exact) mass is 376 g/mol. The molecule has 0 radical (unpaired) electrons. The van der Waals surface area contributed by atoms with Gasteiger partial charge in [-0.3, -0.25) is 4.79 Å². The molecule has 3 N–H and O–H groups in total. The van der Waals surface area contributed by atoms with E-state index in [4.69, 9.17) is 31.5 Å². The van der Waals surface area contributed by atoms with Crippen molar-refractivity contribution in [3.05, 3.63) is 28.8 Å². The largest absolute Gasteiger partial charge is 0.378 e. The van der Waals surface area contributed by atoms with Gasteiger partial charge in [-0.05, 0) is 24.5 Å². The lowest BCUT2D eigenvalue weighted by atomic mass is 10.2. The molecule has 0 aliphatic heterocycles. The van der Waals surface area contributed by atoms with Crippen molar-refractivity contribution in [2.45, 2.75) is 4.90 Å². The van der Waals surface area contributed by atoms with Gasteiger partial charge in [-0.1, -0.05) is 11.6 Å². The molecule has 0 saturated carbocycles. The first-order valence-corrected chi connectivity index (χ1v) is 9.34. The van der Waals surface area contributed by atoms with Crippen LogP contribution in [-0.2, 0) is 14.2 Å². The molecule has 0 atom stereocenters. The fourth-order valence-electron chi connectivity index (χ4n) is 1.76. The topological polar surface area (TPSA) is 82.8 Å². The molecule has 1 aromatic rings. The molecule has 1 amide bonds. The zero-order valence-electron chi connectivity index (χ0n) is 13.9. The van der Waals surface area contributed by atoms with E-state index in [1.165, 1.54) is 0 Å².